The largest absolute Gasteiger partial charge is 0.523 e. The summed E-state index contributed by atoms with van der Waals surface area (Å²) in [6, 6.07) is 18.0. The van der Waals surface area contributed by atoms with E-state index in [1.165, 1.54) is 0 Å². The highest BCUT2D eigenvalue weighted by atomic mass is 32.2. The molecule has 0 N–H and O–H groups in total. The molecule has 2 fully saturated rings. The summed E-state index contributed by atoms with van der Waals surface area (Å²) in [4.78, 5) is 0. The molecule has 4 rings (SSSR count). The van der Waals surface area contributed by atoms with Crippen molar-refractivity contribution in [2.75, 3.05) is 6.61 Å². The van der Waals surface area contributed by atoms with Gasteiger partial charge in [0.05, 0.1) is 19.8 Å². The third-order valence-corrected chi connectivity index (χ3v) is 6.15. The highest BCUT2D eigenvalue weighted by Gasteiger charge is 2.57. The van der Waals surface area contributed by atoms with E-state index in [4.69, 9.17) is 18.9 Å². The van der Waals surface area contributed by atoms with Crippen molar-refractivity contribution < 1.29 is 44.7 Å². The summed E-state index contributed by atoms with van der Waals surface area (Å²) in [5.74, 6) is 0. The summed E-state index contributed by atoms with van der Waals surface area (Å²) in [6.07, 6.45) is -5.81. The molecule has 11 heteroatoms. The molecule has 7 nitrogen and oxygen atoms in total. The van der Waals surface area contributed by atoms with Gasteiger partial charge in [-0.25, -0.2) is 0 Å². The number of alkyl halides is 3. The van der Waals surface area contributed by atoms with Crippen LogP contribution < -0.4 is 0 Å². The third kappa shape index (κ3) is 5.13. The van der Waals surface area contributed by atoms with E-state index in [1.54, 1.807) is 30.3 Å². The number of rotatable bonds is 8. The molecule has 0 saturated carbocycles. The molecule has 2 aliphatic heterocycles. The predicted octanol–water partition coefficient (Wildman–Crippen LogP) is 3.15. The standard InChI is InChI=1S/C21H21F3O7S/c22-21(23,24)32(25,26)31-17-16-13-29-20(30-16)19(28-12-15-9-5-2-6-10-15)18(17)27-11-14-7-3-1-4-8-14/h1-10,16-20H,11-13H2/t16-,17+,18+,19-,20-/m1/s1. The number of fused-ring (bicyclic) bond motifs is 2. The number of halogens is 3. The normalized spacial score (nSPS) is 28.0. The fourth-order valence-corrected chi connectivity index (χ4v) is 4.19. The van der Waals surface area contributed by atoms with E-state index < -0.39 is 46.3 Å². The first-order chi connectivity index (χ1) is 15.2. The molecule has 2 aromatic rings. The first-order valence-corrected chi connectivity index (χ1v) is 11.2. The maximum atomic E-state index is 13.0. The Morgan fingerprint density at radius 2 is 1.38 bits per heavy atom. The van der Waals surface area contributed by atoms with Gasteiger partial charge in [-0.2, -0.15) is 21.6 Å². The summed E-state index contributed by atoms with van der Waals surface area (Å²) in [5, 5.41) is 0. The van der Waals surface area contributed by atoms with Crippen LogP contribution in [0, 0.1) is 0 Å². The second-order valence-electron chi connectivity index (χ2n) is 7.36. The van der Waals surface area contributed by atoms with E-state index in [0.29, 0.717) is 0 Å². The summed E-state index contributed by atoms with van der Waals surface area (Å²) < 4.78 is 90.0. The van der Waals surface area contributed by atoms with Crippen LogP contribution in [0.2, 0.25) is 0 Å². The van der Waals surface area contributed by atoms with Crippen molar-refractivity contribution >= 4 is 10.1 Å². The fourth-order valence-electron chi connectivity index (χ4n) is 3.55. The molecule has 5 atom stereocenters. The molecular formula is C21H21F3O7S. The minimum Gasteiger partial charge on any atom is -0.368 e. The second-order valence-corrected chi connectivity index (χ2v) is 8.92. The molecule has 0 radical (unpaired) electrons. The fraction of sp³-hybridized carbons (Fsp3) is 0.429. The lowest BCUT2D eigenvalue weighted by Crippen LogP contribution is -2.58. The highest BCUT2D eigenvalue weighted by molar-refractivity contribution is 7.87. The van der Waals surface area contributed by atoms with E-state index in [-0.39, 0.29) is 19.8 Å². The molecule has 32 heavy (non-hydrogen) atoms. The quantitative estimate of drug-likeness (QED) is 0.430. The van der Waals surface area contributed by atoms with Gasteiger partial charge in [-0.1, -0.05) is 60.7 Å². The van der Waals surface area contributed by atoms with Gasteiger partial charge in [0.1, 0.15) is 24.4 Å². The van der Waals surface area contributed by atoms with Gasteiger partial charge < -0.3 is 18.9 Å². The Balaban J connectivity index is 1.58. The first kappa shape index (κ1) is 23.1. The summed E-state index contributed by atoms with van der Waals surface area (Å²) in [6.45, 7) is -0.0650. The van der Waals surface area contributed by atoms with Crippen molar-refractivity contribution in [1.29, 1.82) is 0 Å². The SMILES string of the molecule is O=S(=O)(O[C@@H]1[C@H](OCc2ccccc2)[C@@H](OCc2ccccc2)[C@@H]2OC[C@H]1O2)C(F)(F)F. The predicted molar refractivity (Wildman–Crippen MR) is 104 cm³/mol. The Morgan fingerprint density at radius 3 is 1.91 bits per heavy atom. The van der Waals surface area contributed by atoms with Crippen LogP contribution in [-0.4, -0.2) is 51.2 Å². The van der Waals surface area contributed by atoms with Crippen LogP contribution in [0.5, 0.6) is 0 Å². The van der Waals surface area contributed by atoms with Gasteiger partial charge in [-0.05, 0) is 11.1 Å². The molecular weight excluding hydrogens is 453 g/mol. The molecule has 0 aliphatic carbocycles. The van der Waals surface area contributed by atoms with E-state index >= 15 is 0 Å². The number of ether oxygens (including phenoxy) is 4. The van der Waals surface area contributed by atoms with Gasteiger partial charge in [0, 0.05) is 0 Å². The van der Waals surface area contributed by atoms with Crippen LogP contribution in [0.15, 0.2) is 60.7 Å². The van der Waals surface area contributed by atoms with Gasteiger partial charge in [0.25, 0.3) is 0 Å². The van der Waals surface area contributed by atoms with E-state index in [2.05, 4.69) is 4.18 Å². The zero-order valence-corrected chi connectivity index (χ0v) is 17.5. The van der Waals surface area contributed by atoms with Crippen LogP contribution in [-0.2, 0) is 46.5 Å². The number of hydrogen-bond donors (Lipinski definition) is 0. The topological polar surface area (TPSA) is 80.3 Å². The minimum absolute atomic E-state index is 0.00205. The second kappa shape index (κ2) is 9.46. The molecule has 2 aromatic carbocycles. The van der Waals surface area contributed by atoms with Crippen molar-refractivity contribution in [3.05, 3.63) is 71.8 Å². The molecule has 2 heterocycles. The summed E-state index contributed by atoms with van der Waals surface area (Å²) in [7, 11) is -5.90. The van der Waals surface area contributed by atoms with Crippen molar-refractivity contribution in [3.8, 4) is 0 Å². The Labute approximate surface area is 183 Å². The van der Waals surface area contributed by atoms with Gasteiger partial charge in [0.2, 0.25) is 0 Å². The van der Waals surface area contributed by atoms with Crippen molar-refractivity contribution in [2.24, 2.45) is 0 Å². The van der Waals surface area contributed by atoms with E-state index in [9.17, 15) is 21.6 Å². The van der Waals surface area contributed by atoms with Crippen molar-refractivity contribution in [1.82, 2.24) is 0 Å². The van der Waals surface area contributed by atoms with E-state index in [1.807, 2.05) is 30.3 Å². The lowest BCUT2D eigenvalue weighted by molar-refractivity contribution is -0.255. The maximum absolute atomic E-state index is 13.0. The molecule has 2 aliphatic rings. The Bertz CT molecular complexity index is 985. The Hall–Kier alpha value is -2.02. The lowest BCUT2D eigenvalue weighted by Gasteiger charge is -2.39. The zero-order chi connectivity index (χ0) is 22.8. The Morgan fingerprint density at radius 1 is 0.844 bits per heavy atom. The minimum atomic E-state index is -5.90. The average Bonchev–Trinajstić information content (AvgIpc) is 3.20. The molecule has 2 saturated heterocycles. The molecule has 174 valence electrons. The van der Waals surface area contributed by atoms with Crippen molar-refractivity contribution in [3.63, 3.8) is 0 Å². The van der Waals surface area contributed by atoms with Gasteiger partial charge >= 0.3 is 15.6 Å². The number of benzene rings is 2. The molecule has 0 unspecified atom stereocenters. The van der Waals surface area contributed by atoms with Gasteiger partial charge in [0.15, 0.2) is 6.29 Å². The third-order valence-electron chi connectivity index (χ3n) is 5.11. The Kier molecular flexibility index (Phi) is 6.84. The van der Waals surface area contributed by atoms with E-state index in [0.717, 1.165) is 11.1 Å². The molecule has 2 bridgehead atoms. The van der Waals surface area contributed by atoms with Crippen LogP contribution in [0.3, 0.4) is 0 Å². The van der Waals surface area contributed by atoms with Crippen LogP contribution in [0.1, 0.15) is 11.1 Å². The highest BCUT2D eigenvalue weighted by Crippen LogP contribution is 2.37. The summed E-state index contributed by atoms with van der Waals surface area (Å²) >= 11 is 0. The zero-order valence-electron chi connectivity index (χ0n) is 16.7. The summed E-state index contributed by atoms with van der Waals surface area (Å²) in [5.41, 5.74) is -4.05. The molecule has 0 aromatic heterocycles. The average molecular weight is 474 g/mol. The van der Waals surface area contributed by atoms with Gasteiger partial charge in [-0.15, -0.1) is 0 Å². The monoisotopic (exact) mass is 474 g/mol. The van der Waals surface area contributed by atoms with Crippen molar-refractivity contribution in [2.45, 2.75) is 49.4 Å². The lowest BCUT2D eigenvalue weighted by atomic mass is 10.0. The maximum Gasteiger partial charge on any atom is 0.523 e. The molecule has 0 amide bonds. The smallest absolute Gasteiger partial charge is 0.368 e. The van der Waals surface area contributed by atoms with Crippen LogP contribution >= 0.6 is 0 Å². The number of hydrogen-bond acceptors (Lipinski definition) is 7. The first-order valence-electron chi connectivity index (χ1n) is 9.82. The van der Waals surface area contributed by atoms with Gasteiger partial charge in [-0.3, -0.25) is 4.18 Å². The van der Waals surface area contributed by atoms with Crippen LogP contribution in [0.25, 0.3) is 0 Å². The van der Waals surface area contributed by atoms with Crippen LogP contribution in [0.4, 0.5) is 13.2 Å². The molecule has 0 spiro atoms.